The Kier molecular flexibility index (Phi) is 3.07. The fourth-order valence-electron chi connectivity index (χ4n) is 1.44. The Morgan fingerprint density at radius 3 is 2.69 bits per heavy atom. The van der Waals surface area contributed by atoms with Gasteiger partial charge in [-0.1, -0.05) is 36.8 Å². The van der Waals surface area contributed by atoms with Gasteiger partial charge in [0.15, 0.2) is 0 Å². The molecule has 1 aromatic rings. The van der Waals surface area contributed by atoms with Gasteiger partial charge in [-0.05, 0) is 18.9 Å². The van der Waals surface area contributed by atoms with E-state index in [0.717, 1.165) is 11.1 Å². The van der Waals surface area contributed by atoms with E-state index in [4.69, 9.17) is 5.11 Å². The summed E-state index contributed by atoms with van der Waals surface area (Å²) in [6.45, 7) is 3.86. The third kappa shape index (κ3) is 2.31. The van der Waals surface area contributed by atoms with Crippen molar-refractivity contribution in [3.63, 3.8) is 0 Å². The maximum absolute atomic E-state index is 10.8. The minimum absolute atomic E-state index is 0.361. The molecule has 13 heavy (non-hydrogen) atoms. The molecule has 0 unspecified atom stereocenters. The van der Waals surface area contributed by atoms with Gasteiger partial charge >= 0.3 is 5.97 Å². The van der Waals surface area contributed by atoms with Crippen molar-refractivity contribution in [1.82, 2.24) is 0 Å². The first-order valence-corrected chi connectivity index (χ1v) is 4.44. The third-order valence-electron chi connectivity index (χ3n) is 2.15. The van der Waals surface area contributed by atoms with Crippen LogP contribution in [0.5, 0.6) is 0 Å². The molecule has 0 aliphatic carbocycles. The summed E-state index contributed by atoms with van der Waals surface area (Å²) < 4.78 is 0. The molecule has 1 atom stereocenters. The molecule has 1 rings (SSSR count). The van der Waals surface area contributed by atoms with Gasteiger partial charge in [0.2, 0.25) is 0 Å². The number of carboxylic acid groups (broad SMARTS) is 1. The van der Waals surface area contributed by atoms with Gasteiger partial charge in [-0.15, -0.1) is 0 Å². The summed E-state index contributed by atoms with van der Waals surface area (Å²) in [6, 6.07) is 7.67. The van der Waals surface area contributed by atoms with Gasteiger partial charge < -0.3 is 5.11 Å². The average molecular weight is 178 g/mol. The Balaban J connectivity index is 2.98. The minimum atomic E-state index is -0.742. The number of aliphatic carboxylic acids is 1. The van der Waals surface area contributed by atoms with Crippen molar-refractivity contribution in [3.8, 4) is 0 Å². The van der Waals surface area contributed by atoms with Gasteiger partial charge in [0.05, 0.1) is 5.92 Å². The SMILES string of the molecule is CC[C@@H](C(=O)O)c1cccc(C)c1. The molecule has 0 radical (unpaired) electrons. The molecular weight excluding hydrogens is 164 g/mol. The highest BCUT2D eigenvalue weighted by molar-refractivity contribution is 5.76. The summed E-state index contributed by atoms with van der Waals surface area (Å²) in [5.74, 6) is -1.10. The zero-order valence-electron chi connectivity index (χ0n) is 7.95. The van der Waals surface area contributed by atoms with Crippen LogP contribution in [0, 0.1) is 6.92 Å². The second-order valence-electron chi connectivity index (χ2n) is 3.21. The summed E-state index contributed by atoms with van der Waals surface area (Å²) in [5, 5.41) is 8.92. The van der Waals surface area contributed by atoms with Crippen LogP contribution in [0.15, 0.2) is 24.3 Å². The van der Waals surface area contributed by atoms with Gasteiger partial charge in [-0.25, -0.2) is 0 Å². The average Bonchev–Trinajstić information content (AvgIpc) is 2.04. The van der Waals surface area contributed by atoms with E-state index in [1.165, 1.54) is 0 Å². The number of carbonyl (C=O) groups is 1. The second kappa shape index (κ2) is 4.08. The molecule has 0 bridgehead atoms. The molecule has 2 nitrogen and oxygen atoms in total. The van der Waals surface area contributed by atoms with Crippen molar-refractivity contribution in [2.24, 2.45) is 0 Å². The molecule has 0 fully saturated rings. The molecule has 0 aliphatic rings. The van der Waals surface area contributed by atoms with E-state index in [9.17, 15) is 4.79 Å². The van der Waals surface area contributed by atoms with Crippen molar-refractivity contribution in [3.05, 3.63) is 35.4 Å². The zero-order chi connectivity index (χ0) is 9.84. The molecule has 0 spiro atoms. The smallest absolute Gasteiger partial charge is 0.310 e. The number of carboxylic acids is 1. The Labute approximate surface area is 78.2 Å². The van der Waals surface area contributed by atoms with Crippen molar-refractivity contribution in [1.29, 1.82) is 0 Å². The van der Waals surface area contributed by atoms with Crippen LogP contribution < -0.4 is 0 Å². The minimum Gasteiger partial charge on any atom is -0.481 e. The lowest BCUT2D eigenvalue weighted by molar-refractivity contribution is -0.138. The lowest BCUT2D eigenvalue weighted by Crippen LogP contribution is -2.10. The van der Waals surface area contributed by atoms with Crippen molar-refractivity contribution < 1.29 is 9.90 Å². The fraction of sp³-hybridized carbons (Fsp3) is 0.364. The summed E-state index contributed by atoms with van der Waals surface area (Å²) in [5.41, 5.74) is 2.01. The highest BCUT2D eigenvalue weighted by Crippen LogP contribution is 2.20. The summed E-state index contributed by atoms with van der Waals surface area (Å²) in [7, 11) is 0. The number of hydrogen-bond acceptors (Lipinski definition) is 1. The number of hydrogen-bond donors (Lipinski definition) is 1. The van der Waals surface area contributed by atoms with Crippen LogP contribution in [0.3, 0.4) is 0 Å². The van der Waals surface area contributed by atoms with Crippen LogP contribution in [-0.4, -0.2) is 11.1 Å². The van der Waals surface area contributed by atoms with E-state index in [1.807, 2.05) is 38.1 Å². The molecule has 1 N–H and O–H groups in total. The largest absolute Gasteiger partial charge is 0.481 e. The quantitative estimate of drug-likeness (QED) is 0.772. The lowest BCUT2D eigenvalue weighted by Gasteiger charge is -2.10. The van der Waals surface area contributed by atoms with E-state index in [-0.39, 0.29) is 5.92 Å². The van der Waals surface area contributed by atoms with E-state index < -0.39 is 5.97 Å². The molecule has 70 valence electrons. The highest BCUT2D eigenvalue weighted by Gasteiger charge is 2.16. The predicted molar refractivity (Wildman–Crippen MR) is 51.8 cm³/mol. The summed E-state index contributed by atoms with van der Waals surface area (Å²) in [6.07, 6.45) is 0.638. The predicted octanol–water partition coefficient (Wildman–Crippen LogP) is 2.57. The first kappa shape index (κ1) is 9.78. The van der Waals surface area contributed by atoms with E-state index in [0.29, 0.717) is 6.42 Å². The second-order valence-corrected chi connectivity index (χ2v) is 3.21. The van der Waals surface area contributed by atoms with E-state index in [1.54, 1.807) is 0 Å². The zero-order valence-corrected chi connectivity index (χ0v) is 7.95. The van der Waals surface area contributed by atoms with Crippen molar-refractivity contribution >= 4 is 5.97 Å². The molecule has 2 heteroatoms. The van der Waals surface area contributed by atoms with Crippen molar-refractivity contribution in [2.75, 3.05) is 0 Å². The number of aryl methyl sites for hydroxylation is 1. The Morgan fingerprint density at radius 2 is 2.23 bits per heavy atom. The molecular formula is C11H14O2. The van der Waals surface area contributed by atoms with E-state index in [2.05, 4.69) is 0 Å². The summed E-state index contributed by atoms with van der Waals surface area (Å²) in [4.78, 5) is 10.8. The Hall–Kier alpha value is -1.31. The normalized spacial score (nSPS) is 12.5. The summed E-state index contributed by atoms with van der Waals surface area (Å²) >= 11 is 0. The molecule has 0 amide bonds. The van der Waals surface area contributed by atoms with Crippen LogP contribution in [0.2, 0.25) is 0 Å². The van der Waals surface area contributed by atoms with Crippen LogP contribution in [-0.2, 0) is 4.79 Å². The van der Waals surface area contributed by atoms with Gasteiger partial charge in [0, 0.05) is 0 Å². The van der Waals surface area contributed by atoms with Gasteiger partial charge in [-0.2, -0.15) is 0 Å². The third-order valence-corrected chi connectivity index (χ3v) is 2.15. The Bertz CT molecular complexity index is 305. The first-order chi connectivity index (χ1) is 6.15. The van der Waals surface area contributed by atoms with Crippen LogP contribution in [0.1, 0.15) is 30.4 Å². The lowest BCUT2D eigenvalue weighted by atomic mass is 9.95. The van der Waals surface area contributed by atoms with Crippen molar-refractivity contribution in [2.45, 2.75) is 26.2 Å². The highest BCUT2D eigenvalue weighted by atomic mass is 16.4. The van der Waals surface area contributed by atoms with Gasteiger partial charge in [-0.3, -0.25) is 4.79 Å². The molecule has 1 aromatic carbocycles. The molecule has 0 aliphatic heterocycles. The molecule has 0 saturated carbocycles. The standard InChI is InChI=1S/C11H14O2/c1-3-10(11(12)13)9-6-4-5-8(2)7-9/h4-7,10H,3H2,1-2H3,(H,12,13)/t10-/m1/s1. The topological polar surface area (TPSA) is 37.3 Å². The maximum atomic E-state index is 10.8. The molecule has 0 saturated heterocycles. The maximum Gasteiger partial charge on any atom is 0.310 e. The first-order valence-electron chi connectivity index (χ1n) is 4.44. The fourth-order valence-corrected chi connectivity index (χ4v) is 1.44. The molecule has 0 aromatic heterocycles. The monoisotopic (exact) mass is 178 g/mol. The number of benzene rings is 1. The Morgan fingerprint density at radius 1 is 1.54 bits per heavy atom. The number of rotatable bonds is 3. The van der Waals surface area contributed by atoms with Gasteiger partial charge in [0.1, 0.15) is 0 Å². The van der Waals surface area contributed by atoms with Crippen LogP contribution in [0.4, 0.5) is 0 Å². The van der Waals surface area contributed by atoms with E-state index >= 15 is 0 Å². The molecule has 0 heterocycles. The van der Waals surface area contributed by atoms with Crippen LogP contribution >= 0.6 is 0 Å². The van der Waals surface area contributed by atoms with Gasteiger partial charge in [0.25, 0.3) is 0 Å². The van der Waals surface area contributed by atoms with Crippen LogP contribution in [0.25, 0.3) is 0 Å².